The lowest BCUT2D eigenvalue weighted by atomic mass is 10.2. The monoisotopic (exact) mass is 259 g/mol. The molecule has 2 rings (SSSR count). The van der Waals surface area contributed by atoms with Gasteiger partial charge in [-0.1, -0.05) is 30.3 Å². The van der Waals surface area contributed by atoms with Crippen LogP contribution < -0.4 is 10.1 Å². The van der Waals surface area contributed by atoms with Crippen molar-refractivity contribution in [1.82, 2.24) is 0 Å². The molecule has 0 radical (unpaired) electrons. The lowest BCUT2D eigenvalue weighted by Crippen LogP contribution is -2.08. The van der Waals surface area contributed by atoms with Gasteiger partial charge < -0.3 is 10.1 Å². The van der Waals surface area contributed by atoms with Crippen LogP contribution in [0.2, 0.25) is 0 Å². The van der Waals surface area contributed by atoms with Crippen LogP contribution in [0.15, 0.2) is 48.5 Å². The SMILES string of the molecule is CC(=O)Nc1cc(F)ccc1OCc1ccccc1. The van der Waals surface area contributed by atoms with Crippen molar-refractivity contribution in [1.29, 1.82) is 0 Å². The van der Waals surface area contributed by atoms with Crippen molar-refractivity contribution in [3.8, 4) is 5.75 Å². The third-order valence-electron chi connectivity index (χ3n) is 2.49. The second kappa shape index (κ2) is 6.00. The van der Waals surface area contributed by atoms with E-state index >= 15 is 0 Å². The zero-order valence-corrected chi connectivity index (χ0v) is 10.5. The number of carbonyl (C=O) groups is 1. The summed E-state index contributed by atoms with van der Waals surface area (Å²) in [6, 6.07) is 13.7. The number of anilines is 1. The van der Waals surface area contributed by atoms with Gasteiger partial charge in [0.15, 0.2) is 0 Å². The van der Waals surface area contributed by atoms with Crippen molar-refractivity contribution in [2.24, 2.45) is 0 Å². The van der Waals surface area contributed by atoms with Crippen LogP contribution in [0.25, 0.3) is 0 Å². The number of hydrogen-bond acceptors (Lipinski definition) is 2. The Morgan fingerprint density at radius 2 is 1.95 bits per heavy atom. The van der Waals surface area contributed by atoms with Crippen molar-refractivity contribution in [2.45, 2.75) is 13.5 Å². The van der Waals surface area contributed by atoms with Crippen LogP contribution in [0, 0.1) is 5.82 Å². The van der Waals surface area contributed by atoms with Crippen molar-refractivity contribution in [3.05, 3.63) is 59.9 Å². The molecule has 0 aliphatic heterocycles. The Balaban J connectivity index is 2.13. The van der Waals surface area contributed by atoms with Gasteiger partial charge in [-0.3, -0.25) is 4.79 Å². The van der Waals surface area contributed by atoms with Gasteiger partial charge in [-0.05, 0) is 17.7 Å². The Labute approximate surface area is 111 Å². The smallest absolute Gasteiger partial charge is 0.221 e. The Morgan fingerprint density at radius 3 is 2.63 bits per heavy atom. The normalized spacial score (nSPS) is 10.0. The summed E-state index contributed by atoms with van der Waals surface area (Å²) >= 11 is 0. The van der Waals surface area contributed by atoms with E-state index in [9.17, 15) is 9.18 Å². The van der Waals surface area contributed by atoms with Gasteiger partial charge in [0, 0.05) is 13.0 Å². The molecule has 4 heteroatoms. The molecule has 2 aromatic rings. The van der Waals surface area contributed by atoms with Crippen LogP contribution in [0.4, 0.5) is 10.1 Å². The zero-order valence-electron chi connectivity index (χ0n) is 10.5. The Kier molecular flexibility index (Phi) is 4.13. The Hall–Kier alpha value is -2.36. The number of halogens is 1. The third-order valence-corrected chi connectivity index (χ3v) is 2.49. The molecule has 0 bridgehead atoms. The molecule has 0 fully saturated rings. The Morgan fingerprint density at radius 1 is 1.21 bits per heavy atom. The molecule has 19 heavy (non-hydrogen) atoms. The van der Waals surface area contributed by atoms with Crippen molar-refractivity contribution in [3.63, 3.8) is 0 Å². The summed E-state index contributed by atoms with van der Waals surface area (Å²) in [6.45, 7) is 1.73. The quantitative estimate of drug-likeness (QED) is 0.914. The van der Waals surface area contributed by atoms with E-state index < -0.39 is 5.82 Å². The topological polar surface area (TPSA) is 38.3 Å². The summed E-state index contributed by atoms with van der Waals surface area (Å²) in [5.41, 5.74) is 1.34. The summed E-state index contributed by atoms with van der Waals surface area (Å²) in [5.74, 6) is -0.244. The third kappa shape index (κ3) is 3.81. The van der Waals surface area contributed by atoms with Gasteiger partial charge in [0.05, 0.1) is 5.69 Å². The largest absolute Gasteiger partial charge is 0.487 e. The van der Waals surface area contributed by atoms with Crippen LogP contribution in [0.1, 0.15) is 12.5 Å². The van der Waals surface area contributed by atoms with Crippen molar-refractivity contribution >= 4 is 11.6 Å². The fourth-order valence-corrected chi connectivity index (χ4v) is 1.65. The molecule has 2 aromatic carbocycles. The minimum absolute atomic E-state index is 0.268. The van der Waals surface area contributed by atoms with Gasteiger partial charge >= 0.3 is 0 Å². The van der Waals surface area contributed by atoms with Crippen LogP contribution >= 0.6 is 0 Å². The van der Waals surface area contributed by atoms with E-state index in [-0.39, 0.29) is 5.91 Å². The maximum atomic E-state index is 13.2. The van der Waals surface area contributed by atoms with Gasteiger partial charge in [0.2, 0.25) is 5.91 Å². The molecule has 0 unspecified atom stereocenters. The maximum Gasteiger partial charge on any atom is 0.221 e. The lowest BCUT2D eigenvalue weighted by molar-refractivity contribution is -0.114. The molecule has 98 valence electrons. The van der Waals surface area contributed by atoms with E-state index in [1.165, 1.54) is 25.1 Å². The molecule has 0 aromatic heterocycles. The highest BCUT2D eigenvalue weighted by Crippen LogP contribution is 2.26. The second-order valence-electron chi connectivity index (χ2n) is 4.10. The average molecular weight is 259 g/mol. The highest BCUT2D eigenvalue weighted by atomic mass is 19.1. The van der Waals surface area contributed by atoms with Crippen molar-refractivity contribution in [2.75, 3.05) is 5.32 Å². The van der Waals surface area contributed by atoms with Crippen LogP contribution in [-0.2, 0) is 11.4 Å². The molecule has 0 saturated heterocycles. The summed E-state index contributed by atoms with van der Waals surface area (Å²) in [7, 11) is 0. The number of carbonyl (C=O) groups excluding carboxylic acids is 1. The van der Waals surface area contributed by atoms with E-state index in [0.717, 1.165) is 5.56 Å². The maximum absolute atomic E-state index is 13.2. The first-order chi connectivity index (χ1) is 9.15. The van der Waals surface area contributed by atoms with Crippen LogP contribution in [0.5, 0.6) is 5.75 Å². The lowest BCUT2D eigenvalue weighted by Gasteiger charge is -2.11. The standard InChI is InChI=1S/C15H14FNO2/c1-11(18)17-14-9-13(16)7-8-15(14)19-10-12-5-3-2-4-6-12/h2-9H,10H2,1H3,(H,17,18). The minimum atomic E-state index is -0.421. The summed E-state index contributed by atoms with van der Waals surface area (Å²) in [6.07, 6.45) is 0. The van der Waals surface area contributed by atoms with Gasteiger partial charge in [0.25, 0.3) is 0 Å². The molecule has 1 amide bonds. The molecule has 0 heterocycles. The first-order valence-electron chi connectivity index (χ1n) is 5.89. The van der Waals surface area contributed by atoms with Crippen LogP contribution in [0.3, 0.4) is 0 Å². The number of amides is 1. The van der Waals surface area contributed by atoms with Crippen LogP contribution in [-0.4, -0.2) is 5.91 Å². The van der Waals surface area contributed by atoms with E-state index in [1.54, 1.807) is 0 Å². The number of hydrogen-bond donors (Lipinski definition) is 1. The van der Waals surface area contributed by atoms with E-state index in [4.69, 9.17) is 4.74 Å². The van der Waals surface area contributed by atoms with Gasteiger partial charge in [-0.25, -0.2) is 4.39 Å². The fourth-order valence-electron chi connectivity index (χ4n) is 1.65. The average Bonchev–Trinajstić information content (AvgIpc) is 2.38. The number of rotatable bonds is 4. The Bertz CT molecular complexity index is 570. The fraction of sp³-hybridized carbons (Fsp3) is 0.133. The number of benzene rings is 2. The zero-order chi connectivity index (χ0) is 13.7. The summed E-state index contributed by atoms with van der Waals surface area (Å²) in [4.78, 5) is 11.1. The molecule has 0 saturated carbocycles. The van der Waals surface area contributed by atoms with Gasteiger partial charge in [-0.2, -0.15) is 0 Å². The first kappa shape index (κ1) is 13.1. The molecule has 0 atom stereocenters. The summed E-state index contributed by atoms with van der Waals surface area (Å²) < 4.78 is 18.8. The van der Waals surface area contributed by atoms with Gasteiger partial charge in [-0.15, -0.1) is 0 Å². The predicted octanol–water partition coefficient (Wildman–Crippen LogP) is 3.36. The molecular formula is C15H14FNO2. The molecule has 1 N–H and O–H groups in total. The highest BCUT2D eigenvalue weighted by molar-refractivity contribution is 5.90. The second-order valence-corrected chi connectivity index (χ2v) is 4.10. The predicted molar refractivity (Wildman–Crippen MR) is 71.5 cm³/mol. The summed E-state index contributed by atoms with van der Waals surface area (Å²) in [5, 5.41) is 2.55. The highest BCUT2D eigenvalue weighted by Gasteiger charge is 2.07. The molecule has 0 aliphatic carbocycles. The molecule has 0 aliphatic rings. The van der Waals surface area contributed by atoms with E-state index in [0.29, 0.717) is 18.0 Å². The van der Waals surface area contributed by atoms with E-state index in [1.807, 2.05) is 30.3 Å². The minimum Gasteiger partial charge on any atom is -0.487 e. The number of nitrogens with one attached hydrogen (secondary N) is 1. The van der Waals surface area contributed by atoms with Crippen molar-refractivity contribution < 1.29 is 13.9 Å². The molecular weight excluding hydrogens is 245 g/mol. The first-order valence-corrected chi connectivity index (χ1v) is 5.89. The molecule has 3 nitrogen and oxygen atoms in total. The van der Waals surface area contributed by atoms with Gasteiger partial charge in [0.1, 0.15) is 18.2 Å². The van der Waals surface area contributed by atoms with E-state index in [2.05, 4.69) is 5.32 Å². The molecule has 0 spiro atoms. The number of ether oxygens (including phenoxy) is 1.